The van der Waals surface area contributed by atoms with Crippen LogP contribution < -0.4 is 0 Å². The van der Waals surface area contributed by atoms with E-state index in [9.17, 15) is 4.79 Å². The number of amides is 1. The Kier molecular flexibility index (Phi) is 6.29. The van der Waals surface area contributed by atoms with Gasteiger partial charge in [0.05, 0.1) is 11.8 Å². The van der Waals surface area contributed by atoms with Gasteiger partial charge < -0.3 is 9.47 Å². The molecule has 1 aromatic heterocycles. The van der Waals surface area contributed by atoms with E-state index in [1.54, 1.807) is 0 Å². The molecule has 0 atom stereocenters. The van der Waals surface area contributed by atoms with Crippen LogP contribution in [0.1, 0.15) is 29.9 Å². The monoisotopic (exact) mass is 380 g/mol. The van der Waals surface area contributed by atoms with Crippen LogP contribution in [0.15, 0.2) is 65.8 Å². The van der Waals surface area contributed by atoms with Crippen molar-refractivity contribution in [3.8, 4) is 0 Å². The number of carbonyl (C=O) groups excluding carboxylic acids is 1. The molecule has 1 heterocycles. The Labute approximate surface area is 164 Å². The van der Waals surface area contributed by atoms with Gasteiger partial charge in [-0.05, 0) is 25.0 Å². The van der Waals surface area contributed by atoms with Gasteiger partial charge in [0.25, 0.3) is 0 Å². The number of aryl methyl sites for hydroxylation is 1. The van der Waals surface area contributed by atoms with Gasteiger partial charge in [-0.25, -0.2) is 0 Å². The van der Waals surface area contributed by atoms with Crippen LogP contribution in [0.3, 0.4) is 0 Å². The van der Waals surface area contributed by atoms with E-state index in [4.69, 9.17) is 0 Å². The van der Waals surface area contributed by atoms with Gasteiger partial charge in [-0.2, -0.15) is 0 Å². The van der Waals surface area contributed by atoms with Crippen LogP contribution in [-0.4, -0.2) is 38.4 Å². The Morgan fingerprint density at radius 2 is 1.59 bits per heavy atom. The maximum absolute atomic E-state index is 13.0. The van der Waals surface area contributed by atoms with Crippen molar-refractivity contribution in [2.45, 2.75) is 31.6 Å². The number of rotatable bonds is 7. The first-order valence-corrected chi connectivity index (χ1v) is 9.98. The van der Waals surface area contributed by atoms with Gasteiger partial charge in [-0.1, -0.05) is 72.4 Å². The molecule has 27 heavy (non-hydrogen) atoms. The highest BCUT2D eigenvalue weighted by atomic mass is 32.2. The van der Waals surface area contributed by atoms with E-state index in [1.165, 1.54) is 11.8 Å². The Morgan fingerprint density at radius 1 is 1.04 bits per heavy atom. The number of carbonyl (C=O) groups is 1. The highest BCUT2D eigenvalue weighted by Crippen LogP contribution is 2.28. The van der Waals surface area contributed by atoms with E-state index in [0.717, 1.165) is 28.7 Å². The van der Waals surface area contributed by atoms with E-state index in [-0.39, 0.29) is 11.9 Å². The average molecular weight is 381 g/mol. The van der Waals surface area contributed by atoms with Crippen molar-refractivity contribution in [1.29, 1.82) is 0 Å². The minimum absolute atomic E-state index is 0.0565. The molecule has 2 aromatic carbocycles. The summed E-state index contributed by atoms with van der Waals surface area (Å²) in [7, 11) is 1.86. The molecule has 5 nitrogen and oxygen atoms in total. The second kappa shape index (κ2) is 8.86. The van der Waals surface area contributed by atoms with Crippen LogP contribution in [0.2, 0.25) is 0 Å². The van der Waals surface area contributed by atoms with Crippen molar-refractivity contribution in [3.05, 3.63) is 77.6 Å². The van der Waals surface area contributed by atoms with Gasteiger partial charge in [0.15, 0.2) is 5.16 Å². The van der Waals surface area contributed by atoms with Crippen LogP contribution in [0.4, 0.5) is 0 Å². The first kappa shape index (κ1) is 19.2. The Hall–Kier alpha value is -2.60. The first-order chi connectivity index (χ1) is 13.1. The number of nitrogens with zero attached hydrogens (tertiary/aromatic N) is 4. The topological polar surface area (TPSA) is 51.0 Å². The zero-order valence-corrected chi connectivity index (χ0v) is 16.7. The number of thioether (sulfide) groups is 1. The van der Waals surface area contributed by atoms with Crippen molar-refractivity contribution in [2.24, 2.45) is 0 Å². The number of aromatic nitrogens is 3. The normalized spacial score (nSPS) is 11.0. The highest BCUT2D eigenvalue weighted by molar-refractivity contribution is 7.99. The van der Waals surface area contributed by atoms with Gasteiger partial charge in [-0.3, -0.25) is 4.79 Å². The Balaban J connectivity index is 1.79. The molecule has 0 N–H and O–H groups in total. The number of hydrogen-bond donors (Lipinski definition) is 0. The maximum Gasteiger partial charge on any atom is 0.233 e. The minimum atomic E-state index is -0.119. The Bertz CT molecular complexity index is 840. The van der Waals surface area contributed by atoms with E-state index in [0.29, 0.717) is 5.75 Å². The summed E-state index contributed by atoms with van der Waals surface area (Å²) in [5.74, 6) is 1.25. The average Bonchev–Trinajstić information content (AvgIpc) is 3.07. The largest absolute Gasteiger partial charge is 0.334 e. The van der Waals surface area contributed by atoms with Crippen molar-refractivity contribution < 1.29 is 4.79 Å². The molecule has 0 bridgehead atoms. The third-order valence-electron chi connectivity index (χ3n) is 4.55. The van der Waals surface area contributed by atoms with Crippen LogP contribution >= 0.6 is 11.8 Å². The molecular weight excluding hydrogens is 356 g/mol. The summed E-state index contributed by atoms with van der Waals surface area (Å²) in [6.07, 6.45) is 0. The summed E-state index contributed by atoms with van der Waals surface area (Å²) in [6, 6.07) is 20.1. The van der Waals surface area contributed by atoms with E-state index >= 15 is 0 Å². The van der Waals surface area contributed by atoms with Gasteiger partial charge in [0.2, 0.25) is 5.91 Å². The van der Waals surface area contributed by atoms with Crippen LogP contribution in [0.5, 0.6) is 0 Å². The fourth-order valence-corrected chi connectivity index (χ4v) is 4.09. The van der Waals surface area contributed by atoms with Crippen LogP contribution in [0, 0.1) is 6.92 Å². The zero-order chi connectivity index (χ0) is 19.2. The number of hydrogen-bond acceptors (Lipinski definition) is 4. The van der Waals surface area contributed by atoms with E-state index in [1.807, 2.05) is 59.8 Å². The fraction of sp³-hybridized carbons (Fsp3) is 0.286. The molecule has 140 valence electrons. The molecule has 0 aliphatic carbocycles. The third kappa shape index (κ3) is 4.39. The van der Waals surface area contributed by atoms with E-state index in [2.05, 4.69) is 41.4 Å². The van der Waals surface area contributed by atoms with Gasteiger partial charge in [0, 0.05) is 13.6 Å². The number of benzene rings is 2. The third-order valence-corrected chi connectivity index (χ3v) is 5.51. The molecule has 0 aliphatic rings. The SMILES string of the molecule is CCn1c(C)nnc1SCC(=O)N(C)C(c1ccccc1)c1ccccc1. The van der Waals surface area contributed by atoms with Crippen LogP contribution in [0.25, 0.3) is 0 Å². The van der Waals surface area contributed by atoms with Gasteiger partial charge in [0.1, 0.15) is 5.82 Å². The molecule has 3 aromatic rings. The summed E-state index contributed by atoms with van der Waals surface area (Å²) in [6.45, 7) is 4.77. The smallest absolute Gasteiger partial charge is 0.233 e. The molecule has 6 heteroatoms. The van der Waals surface area contributed by atoms with Crippen LogP contribution in [-0.2, 0) is 11.3 Å². The lowest BCUT2D eigenvalue weighted by molar-refractivity contribution is -0.128. The molecule has 0 spiro atoms. The first-order valence-electron chi connectivity index (χ1n) is 9.00. The molecule has 0 saturated carbocycles. The lowest BCUT2D eigenvalue weighted by Gasteiger charge is -2.29. The van der Waals surface area contributed by atoms with Crippen molar-refractivity contribution >= 4 is 17.7 Å². The summed E-state index contributed by atoms with van der Waals surface area (Å²) in [5, 5.41) is 9.08. The lowest BCUT2D eigenvalue weighted by atomic mass is 9.97. The quantitative estimate of drug-likeness (QED) is 0.583. The molecular formula is C21H24N4OS. The predicted molar refractivity (Wildman–Crippen MR) is 109 cm³/mol. The molecule has 0 aliphatic heterocycles. The fourth-order valence-electron chi connectivity index (χ4n) is 3.11. The predicted octanol–water partition coefficient (Wildman–Crippen LogP) is 3.95. The summed E-state index contributed by atoms with van der Waals surface area (Å²) >= 11 is 1.43. The van der Waals surface area contributed by atoms with Gasteiger partial charge in [-0.15, -0.1) is 10.2 Å². The highest BCUT2D eigenvalue weighted by Gasteiger charge is 2.24. The standard InChI is InChI=1S/C21H24N4OS/c1-4-25-16(2)22-23-21(25)27-15-19(26)24(3)20(17-11-7-5-8-12-17)18-13-9-6-10-14-18/h5-14,20H,4,15H2,1-3H3. The summed E-state index contributed by atoms with van der Waals surface area (Å²) < 4.78 is 2.02. The van der Waals surface area contributed by atoms with Crippen molar-refractivity contribution in [3.63, 3.8) is 0 Å². The molecule has 0 fully saturated rings. The van der Waals surface area contributed by atoms with Crippen molar-refractivity contribution in [2.75, 3.05) is 12.8 Å². The lowest BCUT2D eigenvalue weighted by Crippen LogP contribution is -2.33. The van der Waals surface area contributed by atoms with Crippen molar-refractivity contribution in [1.82, 2.24) is 19.7 Å². The maximum atomic E-state index is 13.0. The zero-order valence-electron chi connectivity index (χ0n) is 15.9. The molecule has 1 amide bonds. The molecule has 3 rings (SSSR count). The summed E-state index contributed by atoms with van der Waals surface area (Å²) in [5.41, 5.74) is 2.19. The van der Waals surface area contributed by atoms with Gasteiger partial charge >= 0.3 is 0 Å². The minimum Gasteiger partial charge on any atom is -0.334 e. The Morgan fingerprint density at radius 3 is 2.11 bits per heavy atom. The molecule has 0 saturated heterocycles. The van der Waals surface area contributed by atoms with E-state index < -0.39 is 0 Å². The molecule has 0 unspecified atom stereocenters. The molecule has 0 radical (unpaired) electrons. The second-order valence-electron chi connectivity index (χ2n) is 6.29. The summed E-state index contributed by atoms with van der Waals surface area (Å²) in [4.78, 5) is 14.8. The second-order valence-corrected chi connectivity index (χ2v) is 7.23.